The third-order valence-electron chi connectivity index (χ3n) is 4.94. The van der Waals surface area contributed by atoms with Crippen molar-refractivity contribution in [2.24, 2.45) is 0 Å². The average molecular weight is 321 g/mol. The summed E-state index contributed by atoms with van der Waals surface area (Å²) in [5.41, 5.74) is 0. The molecule has 2 fully saturated rings. The van der Waals surface area contributed by atoms with Crippen LogP contribution in [0.5, 0.6) is 0 Å². The van der Waals surface area contributed by atoms with Crippen molar-refractivity contribution in [3.8, 4) is 0 Å². The van der Waals surface area contributed by atoms with Crippen molar-refractivity contribution in [3.63, 3.8) is 0 Å². The maximum atomic E-state index is 12.1. The number of aryl methyl sites for hydroxylation is 1. The highest BCUT2D eigenvalue weighted by Crippen LogP contribution is 2.20. The lowest BCUT2D eigenvalue weighted by molar-refractivity contribution is -0.123. The molecular weight excluding hydrogens is 294 g/mol. The number of rotatable bonds is 5. The molecule has 7 heteroatoms. The van der Waals surface area contributed by atoms with E-state index in [1.807, 2.05) is 6.92 Å². The molecule has 7 nitrogen and oxygen atoms in total. The van der Waals surface area contributed by atoms with E-state index in [4.69, 9.17) is 4.52 Å². The fourth-order valence-corrected chi connectivity index (χ4v) is 3.49. The minimum absolute atomic E-state index is 0.130. The van der Waals surface area contributed by atoms with Gasteiger partial charge in [-0.25, -0.2) is 0 Å². The van der Waals surface area contributed by atoms with E-state index in [1.54, 1.807) is 0 Å². The van der Waals surface area contributed by atoms with Gasteiger partial charge in [-0.05, 0) is 26.7 Å². The van der Waals surface area contributed by atoms with E-state index in [1.165, 1.54) is 12.8 Å². The summed E-state index contributed by atoms with van der Waals surface area (Å²) < 4.78 is 5.26. The predicted molar refractivity (Wildman–Crippen MR) is 85.9 cm³/mol. The third-order valence-corrected chi connectivity index (χ3v) is 4.94. The Morgan fingerprint density at radius 1 is 1.30 bits per heavy atom. The van der Waals surface area contributed by atoms with Crippen LogP contribution < -0.4 is 5.32 Å². The summed E-state index contributed by atoms with van der Waals surface area (Å²) in [5.74, 6) is 1.52. The number of carbonyl (C=O) groups is 1. The summed E-state index contributed by atoms with van der Waals surface area (Å²) in [6, 6.07) is 0.537. The number of hydrogen-bond acceptors (Lipinski definition) is 6. The highest BCUT2D eigenvalue weighted by atomic mass is 16.5. The van der Waals surface area contributed by atoms with E-state index >= 15 is 0 Å². The summed E-state index contributed by atoms with van der Waals surface area (Å²) in [7, 11) is 0. The van der Waals surface area contributed by atoms with Crippen molar-refractivity contribution in [2.75, 3.05) is 32.7 Å². The van der Waals surface area contributed by atoms with Crippen LogP contribution in [0.3, 0.4) is 0 Å². The van der Waals surface area contributed by atoms with Crippen molar-refractivity contribution in [1.82, 2.24) is 25.3 Å². The second-order valence-electron chi connectivity index (χ2n) is 6.72. The Morgan fingerprint density at radius 3 is 2.61 bits per heavy atom. The fourth-order valence-electron chi connectivity index (χ4n) is 3.49. The monoisotopic (exact) mass is 321 g/mol. The van der Waals surface area contributed by atoms with Crippen molar-refractivity contribution in [3.05, 3.63) is 11.7 Å². The maximum Gasteiger partial charge on any atom is 0.243 e. The quantitative estimate of drug-likeness (QED) is 0.876. The molecule has 0 spiro atoms. The van der Waals surface area contributed by atoms with Crippen LogP contribution in [0.15, 0.2) is 4.52 Å². The SMILES string of the molecule is Cc1noc([C@H](C)N2CCN(CC(=O)NC3CCCC3)CC2)n1. The van der Waals surface area contributed by atoms with Crippen LogP contribution in [0, 0.1) is 6.92 Å². The Kier molecular flexibility index (Phi) is 5.27. The molecule has 0 aromatic carbocycles. The molecule has 3 rings (SSSR count). The first-order valence-corrected chi connectivity index (χ1v) is 8.68. The Labute approximate surface area is 137 Å². The molecule has 2 heterocycles. The van der Waals surface area contributed by atoms with Crippen molar-refractivity contribution >= 4 is 5.91 Å². The second kappa shape index (κ2) is 7.40. The van der Waals surface area contributed by atoms with Gasteiger partial charge in [0.25, 0.3) is 0 Å². The number of nitrogens with zero attached hydrogens (tertiary/aromatic N) is 4. The fraction of sp³-hybridized carbons (Fsp3) is 0.812. The lowest BCUT2D eigenvalue weighted by Gasteiger charge is -2.36. The average Bonchev–Trinajstić information content (AvgIpc) is 3.19. The Balaban J connectivity index is 1.42. The zero-order valence-corrected chi connectivity index (χ0v) is 14.1. The first kappa shape index (κ1) is 16.4. The Bertz CT molecular complexity index is 518. The molecule has 2 aliphatic rings. The van der Waals surface area contributed by atoms with Crippen LogP contribution >= 0.6 is 0 Å². The van der Waals surface area contributed by atoms with Crippen molar-refractivity contribution < 1.29 is 9.32 Å². The molecule has 1 aliphatic carbocycles. The zero-order chi connectivity index (χ0) is 16.2. The number of piperazine rings is 1. The molecule has 1 aliphatic heterocycles. The molecule has 0 radical (unpaired) electrons. The molecule has 0 bridgehead atoms. The van der Waals surface area contributed by atoms with E-state index in [2.05, 4.69) is 32.2 Å². The summed E-state index contributed by atoms with van der Waals surface area (Å²) >= 11 is 0. The number of hydrogen-bond donors (Lipinski definition) is 1. The van der Waals surface area contributed by atoms with Gasteiger partial charge in [0, 0.05) is 32.2 Å². The summed E-state index contributed by atoms with van der Waals surface area (Å²) in [4.78, 5) is 21.0. The summed E-state index contributed by atoms with van der Waals surface area (Å²) in [5, 5.41) is 7.02. The predicted octanol–water partition coefficient (Wildman–Crippen LogP) is 1.12. The van der Waals surface area contributed by atoms with Gasteiger partial charge in [-0.1, -0.05) is 18.0 Å². The Morgan fingerprint density at radius 2 is 2.00 bits per heavy atom. The second-order valence-corrected chi connectivity index (χ2v) is 6.72. The molecule has 1 N–H and O–H groups in total. The van der Waals surface area contributed by atoms with E-state index < -0.39 is 0 Å². The molecule has 1 aromatic rings. The van der Waals surface area contributed by atoms with Gasteiger partial charge in [0.2, 0.25) is 11.8 Å². The van der Waals surface area contributed by atoms with Crippen LogP contribution in [0.4, 0.5) is 0 Å². The molecule has 1 saturated heterocycles. The van der Waals surface area contributed by atoms with E-state index in [9.17, 15) is 4.79 Å². The van der Waals surface area contributed by atoms with E-state index in [0.29, 0.717) is 24.3 Å². The lowest BCUT2D eigenvalue weighted by atomic mass is 10.2. The number of amides is 1. The molecule has 1 amide bonds. The largest absolute Gasteiger partial charge is 0.352 e. The van der Waals surface area contributed by atoms with Crippen molar-refractivity contribution in [1.29, 1.82) is 0 Å². The van der Waals surface area contributed by atoms with Crippen LogP contribution in [0.2, 0.25) is 0 Å². The number of nitrogens with one attached hydrogen (secondary N) is 1. The van der Waals surface area contributed by atoms with Crippen LogP contribution in [0.1, 0.15) is 50.4 Å². The number of carbonyl (C=O) groups excluding carboxylic acids is 1. The Hall–Kier alpha value is -1.47. The van der Waals surface area contributed by atoms with Gasteiger partial charge in [-0.15, -0.1) is 0 Å². The first-order valence-electron chi connectivity index (χ1n) is 8.68. The van der Waals surface area contributed by atoms with E-state index in [-0.39, 0.29) is 11.9 Å². The molecule has 128 valence electrons. The smallest absolute Gasteiger partial charge is 0.243 e. The summed E-state index contributed by atoms with van der Waals surface area (Å²) in [6.45, 7) is 8.07. The zero-order valence-electron chi connectivity index (χ0n) is 14.1. The van der Waals surface area contributed by atoms with Gasteiger partial charge in [0.05, 0.1) is 12.6 Å². The maximum absolute atomic E-state index is 12.1. The molecule has 1 atom stereocenters. The molecule has 0 unspecified atom stereocenters. The van der Waals surface area contributed by atoms with E-state index in [0.717, 1.165) is 39.0 Å². The van der Waals surface area contributed by atoms with Gasteiger partial charge >= 0.3 is 0 Å². The van der Waals surface area contributed by atoms with Gasteiger partial charge in [-0.2, -0.15) is 4.98 Å². The van der Waals surface area contributed by atoms with Gasteiger partial charge in [-0.3, -0.25) is 14.6 Å². The lowest BCUT2D eigenvalue weighted by Crippen LogP contribution is -2.50. The van der Waals surface area contributed by atoms with Gasteiger partial charge < -0.3 is 9.84 Å². The van der Waals surface area contributed by atoms with Gasteiger partial charge in [0.15, 0.2) is 5.82 Å². The number of aromatic nitrogens is 2. The highest BCUT2D eigenvalue weighted by Gasteiger charge is 2.26. The minimum atomic E-state index is 0.130. The van der Waals surface area contributed by atoms with Crippen molar-refractivity contribution in [2.45, 2.75) is 51.6 Å². The first-order chi connectivity index (χ1) is 11.1. The molecule has 1 aromatic heterocycles. The van der Waals surface area contributed by atoms with Crippen LogP contribution in [-0.2, 0) is 4.79 Å². The van der Waals surface area contributed by atoms with Crippen LogP contribution in [0.25, 0.3) is 0 Å². The standard InChI is InChI=1S/C16H27N5O2/c1-12(16-17-13(2)19-23-16)21-9-7-20(8-10-21)11-15(22)18-14-5-3-4-6-14/h12,14H,3-11H2,1-2H3,(H,18,22)/t12-/m0/s1. The van der Waals surface area contributed by atoms with Crippen LogP contribution in [-0.4, -0.2) is 64.6 Å². The molecule has 1 saturated carbocycles. The van der Waals surface area contributed by atoms with Gasteiger partial charge in [0.1, 0.15) is 0 Å². The molecular formula is C16H27N5O2. The topological polar surface area (TPSA) is 74.5 Å². The normalized spacial score (nSPS) is 22.3. The summed E-state index contributed by atoms with van der Waals surface area (Å²) in [6.07, 6.45) is 4.77. The highest BCUT2D eigenvalue weighted by molar-refractivity contribution is 5.78. The third kappa shape index (κ3) is 4.29. The molecule has 23 heavy (non-hydrogen) atoms. The minimum Gasteiger partial charge on any atom is -0.352 e.